The van der Waals surface area contributed by atoms with E-state index in [2.05, 4.69) is 56.9 Å². The van der Waals surface area contributed by atoms with Gasteiger partial charge in [-0.15, -0.1) is 0 Å². The Morgan fingerprint density at radius 2 is 2.04 bits per heavy atom. The smallest absolute Gasteiger partial charge is 0.151 e. The molecule has 1 aromatic carbocycles. The van der Waals surface area contributed by atoms with Gasteiger partial charge in [-0.1, -0.05) is 35.0 Å². The molecule has 0 radical (unpaired) electrons. The molecule has 0 bridgehead atoms. The molecule has 3 heterocycles. The number of hydrogen-bond acceptors (Lipinski definition) is 4. The Morgan fingerprint density at radius 3 is 2.84 bits per heavy atom. The second-order valence-corrected chi connectivity index (χ2v) is 7.28. The summed E-state index contributed by atoms with van der Waals surface area (Å²) < 4.78 is 7.98. The van der Waals surface area contributed by atoms with Crippen LogP contribution in [0.15, 0.2) is 41.2 Å². The molecule has 128 valence electrons. The summed E-state index contributed by atoms with van der Waals surface area (Å²) in [6.45, 7) is 4.82. The summed E-state index contributed by atoms with van der Waals surface area (Å²) in [7, 11) is 0. The molecular weight excluding hydrogens is 312 g/mol. The maximum absolute atomic E-state index is 5.58. The zero-order valence-electron chi connectivity index (χ0n) is 14.5. The number of benzene rings is 1. The predicted molar refractivity (Wildman–Crippen MR) is 95.0 cm³/mol. The molecule has 1 fully saturated rings. The standard InChI is InChI=1S/C20H22N4O/c1-14-2-4-15(5-3-14)18-10-17(25-22-18)11-23-9-8-20-19(12-23)21-13-24(20)16-6-7-16/h2-5,10,13,16H,6-9,11-12H2,1H3. The Kier molecular flexibility index (Phi) is 3.48. The van der Waals surface area contributed by atoms with Crippen LogP contribution >= 0.6 is 0 Å². The molecule has 0 amide bonds. The van der Waals surface area contributed by atoms with Gasteiger partial charge in [0.05, 0.1) is 18.6 Å². The van der Waals surface area contributed by atoms with Crippen molar-refractivity contribution in [3.63, 3.8) is 0 Å². The molecule has 1 aliphatic carbocycles. The summed E-state index contributed by atoms with van der Waals surface area (Å²) in [5.41, 5.74) is 5.94. The molecule has 0 unspecified atom stereocenters. The molecule has 0 N–H and O–H groups in total. The summed E-state index contributed by atoms with van der Waals surface area (Å²) >= 11 is 0. The first kappa shape index (κ1) is 14.9. The SMILES string of the molecule is Cc1ccc(-c2cc(CN3CCc4c(ncn4C4CC4)C3)on2)cc1. The molecule has 0 saturated heterocycles. The molecule has 5 rings (SSSR count). The summed E-state index contributed by atoms with van der Waals surface area (Å²) in [4.78, 5) is 7.04. The van der Waals surface area contributed by atoms with E-state index in [4.69, 9.17) is 4.52 Å². The molecule has 2 aliphatic rings. The van der Waals surface area contributed by atoms with Crippen LogP contribution < -0.4 is 0 Å². The summed E-state index contributed by atoms with van der Waals surface area (Å²) in [5.74, 6) is 0.917. The van der Waals surface area contributed by atoms with Crippen LogP contribution in [0.1, 0.15) is 41.6 Å². The Hall–Kier alpha value is -2.40. The van der Waals surface area contributed by atoms with E-state index in [0.717, 1.165) is 43.1 Å². The van der Waals surface area contributed by atoms with E-state index < -0.39 is 0 Å². The van der Waals surface area contributed by atoms with Crippen molar-refractivity contribution in [2.24, 2.45) is 0 Å². The minimum Gasteiger partial charge on any atom is -0.359 e. The van der Waals surface area contributed by atoms with E-state index >= 15 is 0 Å². The number of imidazole rings is 1. The first-order valence-electron chi connectivity index (χ1n) is 9.06. The van der Waals surface area contributed by atoms with Crippen LogP contribution in [-0.4, -0.2) is 26.2 Å². The van der Waals surface area contributed by atoms with Gasteiger partial charge in [0, 0.05) is 42.9 Å². The molecule has 2 aromatic heterocycles. The zero-order chi connectivity index (χ0) is 16.8. The van der Waals surface area contributed by atoms with Gasteiger partial charge in [0.1, 0.15) is 5.69 Å². The maximum atomic E-state index is 5.58. The lowest BCUT2D eigenvalue weighted by atomic mass is 10.1. The van der Waals surface area contributed by atoms with Gasteiger partial charge in [-0.05, 0) is 19.8 Å². The van der Waals surface area contributed by atoms with E-state index in [1.54, 1.807) is 0 Å². The van der Waals surface area contributed by atoms with Crippen molar-refractivity contribution in [2.45, 2.75) is 45.3 Å². The monoisotopic (exact) mass is 334 g/mol. The Balaban J connectivity index is 1.29. The lowest BCUT2D eigenvalue weighted by molar-refractivity contribution is 0.210. The average molecular weight is 334 g/mol. The number of aromatic nitrogens is 3. The van der Waals surface area contributed by atoms with Crippen LogP contribution in [0.2, 0.25) is 0 Å². The number of hydrogen-bond donors (Lipinski definition) is 0. The van der Waals surface area contributed by atoms with Crippen LogP contribution in [0.25, 0.3) is 11.3 Å². The third-order valence-corrected chi connectivity index (χ3v) is 5.25. The normalized spacial score (nSPS) is 17.6. The lowest BCUT2D eigenvalue weighted by Gasteiger charge is -2.25. The van der Waals surface area contributed by atoms with Gasteiger partial charge in [-0.25, -0.2) is 4.98 Å². The van der Waals surface area contributed by atoms with Crippen LogP contribution in [0.4, 0.5) is 0 Å². The van der Waals surface area contributed by atoms with Gasteiger partial charge in [-0.3, -0.25) is 4.90 Å². The molecule has 0 atom stereocenters. The summed E-state index contributed by atoms with van der Waals surface area (Å²) in [5, 5.41) is 4.24. The highest BCUT2D eigenvalue weighted by atomic mass is 16.5. The van der Waals surface area contributed by atoms with E-state index in [0.29, 0.717) is 6.04 Å². The highest BCUT2D eigenvalue weighted by molar-refractivity contribution is 5.59. The molecule has 0 spiro atoms. The van der Waals surface area contributed by atoms with Crippen molar-refractivity contribution in [3.8, 4) is 11.3 Å². The van der Waals surface area contributed by atoms with Gasteiger partial charge < -0.3 is 9.09 Å². The van der Waals surface area contributed by atoms with Gasteiger partial charge in [0.2, 0.25) is 0 Å². The lowest BCUT2D eigenvalue weighted by Crippen LogP contribution is -2.30. The second kappa shape index (κ2) is 5.85. The van der Waals surface area contributed by atoms with E-state index in [-0.39, 0.29) is 0 Å². The molecule has 25 heavy (non-hydrogen) atoms. The summed E-state index contributed by atoms with van der Waals surface area (Å²) in [6, 6.07) is 11.2. The fraction of sp³-hybridized carbons (Fsp3) is 0.400. The minimum atomic E-state index is 0.717. The molecular formula is C20H22N4O. The van der Waals surface area contributed by atoms with Gasteiger partial charge >= 0.3 is 0 Å². The largest absolute Gasteiger partial charge is 0.359 e. The second-order valence-electron chi connectivity index (χ2n) is 7.28. The Labute approximate surface area is 147 Å². The van der Waals surface area contributed by atoms with Gasteiger partial charge in [-0.2, -0.15) is 0 Å². The fourth-order valence-electron chi connectivity index (χ4n) is 3.66. The fourth-order valence-corrected chi connectivity index (χ4v) is 3.66. The number of nitrogens with zero attached hydrogens (tertiary/aromatic N) is 4. The van der Waals surface area contributed by atoms with Crippen molar-refractivity contribution >= 4 is 0 Å². The average Bonchev–Trinajstić information content (AvgIpc) is 3.21. The Bertz CT molecular complexity index is 889. The molecule has 1 saturated carbocycles. The van der Waals surface area contributed by atoms with Crippen molar-refractivity contribution < 1.29 is 4.52 Å². The first-order valence-corrected chi connectivity index (χ1v) is 9.06. The topological polar surface area (TPSA) is 47.1 Å². The van der Waals surface area contributed by atoms with E-state index in [1.165, 1.54) is 29.8 Å². The minimum absolute atomic E-state index is 0.717. The summed E-state index contributed by atoms with van der Waals surface area (Å²) in [6.07, 6.45) is 5.74. The highest BCUT2D eigenvalue weighted by Gasteiger charge is 2.29. The van der Waals surface area contributed by atoms with E-state index in [1.807, 2.05) is 6.33 Å². The highest BCUT2D eigenvalue weighted by Crippen LogP contribution is 2.37. The van der Waals surface area contributed by atoms with Crippen molar-refractivity contribution in [1.29, 1.82) is 0 Å². The van der Waals surface area contributed by atoms with Crippen molar-refractivity contribution in [3.05, 3.63) is 59.4 Å². The molecule has 3 aromatic rings. The quantitative estimate of drug-likeness (QED) is 0.729. The van der Waals surface area contributed by atoms with Gasteiger partial charge in [0.15, 0.2) is 5.76 Å². The van der Waals surface area contributed by atoms with Crippen LogP contribution in [0, 0.1) is 6.92 Å². The Morgan fingerprint density at radius 1 is 1.20 bits per heavy atom. The van der Waals surface area contributed by atoms with Crippen LogP contribution in [0.3, 0.4) is 0 Å². The first-order chi connectivity index (χ1) is 12.3. The van der Waals surface area contributed by atoms with Gasteiger partial charge in [0.25, 0.3) is 0 Å². The van der Waals surface area contributed by atoms with Crippen LogP contribution in [-0.2, 0) is 19.5 Å². The maximum Gasteiger partial charge on any atom is 0.151 e. The van der Waals surface area contributed by atoms with Crippen molar-refractivity contribution in [2.75, 3.05) is 6.54 Å². The number of rotatable bonds is 4. The third-order valence-electron chi connectivity index (χ3n) is 5.25. The molecule has 1 aliphatic heterocycles. The predicted octanol–water partition coefficient (Wildman–Crippen LogP) is 3.74. The number of fused-ring (bicyclic) bond motifs is 1. The van der Waals surface area contributed by atoms with Crippen molar-refractivity contribution in [1.82, 2.24) is 19.6 Å². The van der Waals surface area contributed by atoms with Crippen LogP contribution in [0.5, 0.6) is 0 Å². The molecule has 5 heteroatoms. The zero-order valence-corrected chi connectivity index (χ0v) is 14.5. The third kappa shape index (κ3) is 2.89. The number of aryl methyl sites for hydroxylation is 1. The molecule has 5 nitrogen and oxygen atoms in total. The van der Waals surface area contributed by atoms with E-state index in [9.17, 15) is 0 Å².